The normalized spacial score (nSPS) is 25.4. The highest BCUT2D eigenvalue weighted by Gasteiger charge is 2.42. The monoisotopic (exact) mass is 225 g/mol. The first-order valence-corrected chi connectivity index (χ1v) is 4.57. The molecule has 2 atom stereocenters. The fourth-order valence-corrected chi connectivity index (χ4v) is 1.81. The number of carbonyl (C=O) groups excluding carboxylic acids is 2. The van der Waals surface area contributed by atoms with Crippen LogP contribution in [0.25, 0.3) is 0 Å². The van der Waals surface area contributed by atoms with E-state index in [2.05, 4.69) is 10.1 Å². The Morgan fingerprint density at radius 2 is 1.88 bits per heavy atom. The number of hydrogen-bond donors (Lipinski definition) is 1. The van der Waals surface area contributed by atoms with Gasteiger partial charge < -0.3 is 14.8 Å². The number of rotatable bonds is 2. The van der Waals surface area contributed by atoms with Crippen molar-refractivity contribution in [1.29, 1.82) is 0 Å². The number of likely N-dealkylation sites (N-methyl/N-ethyl adjacent to an activating group) is 1. The molecule has 0 saturated carbocycles. The highest BCUT2D eigenvalue weighted by Crippen LogP contribution is 2.34. The number of amides is 1. The highest BCUT2D eigenvalue weighted by molar-refractivity contribution is 6.06. The lowest BCUT2D eigenvalue weighted by atomic mass is 9.96. The van der Waals surface area contributed by atoms with Gasteiger partial charge in [0.2, 0.25) is 0 Å². The van der Waals surface area contributed by atoms with Gasteiger partial charge in [-0.1, -0.05) is 19.6 Å². The van der Waals surface area contributed by atoms with Crippen molar-refractivity contribution in [2.75, 3.05) is 14.2 Å². The van der Waals surface area contributed by atoms with Gasteiger partial charge >= 0.3 is 5.97 Å². The van der Waals surface area contributed by atoms with Crippen LogP contribution in [0.3, 0.4) is 0 Å². The van der Waals surface area contributed by atoms with Crippen molar-refractivity contribution in [3.63, 3.8) is 0 Å². The number of ether oxygens (including phenoxy) is 2. The lowest BCUT2D eigenvalue weighted by molar-refractivity contribution is -0.137. The zero-order valence-electron chi connectivity index (χ0n) is 8.44. The molecule has 1 N–H and O–H groups in total. The van der Waals surface area contributed by atoms with Gasteiger partial charge in [-0.25, -0.2) is 4.79 Å². The molecule has 5 nitrogen and oxygen atoms in total. The van der Waals surface area contributed by atoms with Crippen LogP contribution < -0.4 is 5.32 Å². The van der Waals surface area contributed by atoms with Crippen LogP contribution >= 0.6 is 0 Å². The third-order valence-corrected chi connectivity index (χ3v) is 2.49. The number of nitrogens with one attached hydrogen (secondary N) is 1. The maximum absolute atomic E-state index is 11.5. The molecule has 2 bridgehead atoms. The summed E-state index contributed by atoms with van der Waals surface area (Å²) in [5.74, 6) is -0.808. The van der Waals surface area contributed by atoms with Crippen LogP contribution in [0.1, 0.15) is 7.43 Å². The van der Waals surface area contributed by atoms with Gasteiger partial charge in [-0.3, -0.25) is 4.79 Å². The van der Waals surface area contributed by atoms with Crippen LogP contribution in [0.4, 0.5) is 0 Å². The second kappa shape index (κ2) is 4.49. The first kappa shape index (κ1) is 12.4. The molecule has 1 amide bonds. The van der Waals surface area contributed by atoms with Gasteiger partial charge in [0, 0.05) is 7.05 Å². The Balaban J connectivity index is 0.00000128. The SMILES string of the molecule is C.CNC(=O)C1=C(C(=O)OC)C2C=CC1O2. The van der Waals surface area contributed by atoms with Gasteiger partial charge in [0.1, 0.15) is 12.2 Å². The molecule has 0 spiro atoms. The molecule has 2 unspecified atom stereocenters. The van der Waals surface area contributed by atoms with Gasteiger partial charge in [-0.15, -0.1) is 0 Å². The Kier molecular flexibility index (Phi) is 3.49. The molecule has 2 rings (SSSR count). The van der Waals surface area contributed by atoms with Crippen LogP contribution in [0.15, 0.2) is 23.3 Å². The first-order valence-electron chi connectivity index (χ1n) is 4.57. The van der Waals surface area contributed by atoms with Crippen LogP contribution in [0.2, 0.25) is 0 Å². The second-order valence-electron chi connectivity index (χ2n) is 3.26. The average molecular weight is 225 g/mol. The fraction of sp³-hybridized carbons (Fsp3) is 0.455. The van der Waals surface area contributed by atoms with Crippen LogP contribution in [-0.2, 0) is 19.1 Å². The Labute approximate surface area is 94.1 Å². The van der Waals surface area contributed by atoms with Crippen molar-refractivity contribution in [2.24, 2.45) is 0 Å². The molecule has 2 aliphatic heterocycles. The third kappa shape index (κ3) is 1.63. The Bertz CT molecular complexity index is 349. The summed E-state index contributed by atoms with van der Waals surface area (Å²) in [6, 6.07) is 0. The molecule has 0 saturated heterocycles. The van der Waals surface area contributed by atoms with E-state index in [0.717, 1.165) is 0 Å². The van der Waals surface area contributed by atoms with E-state index in [1.807, 2.05) is 0 Å². The summed E-state index contributed by atoms with van der Waals surface area (Å²) >= 11 is 0. The molecule has 2 aliphatic rings. The Morgan fingerprint density at radius 1 is 1.31 bits per heavy atom. The molecular formula is C11H15NO4. The van der Waals surface area contributed by atoms with E-state index in [9.17, 15) is 9.59 Å². The minimum absolute atomic E-state index is 0. The van der Waals surface area contributed by atoms with E-state index in [4.69, 9.17) is 4.74 Å². The van der Waals surface area contributed by atoms with Gasteiger partial charge in [-0.05, 0) is 0 Å². The Hall–Kier alpha value is -1.62. The van der Waals surface area contributed by atoms with E-state index in [1.165, 1.54) is 14.2 Å². The summed E-state index contributed by atoms with van der Waals surface area (Å²) in [5.41, 5.74) is 0.668. The quantitative estimate of drug-likeness (QED) is 0.537. The van der Waals surface area contributed by atoms with Crippen molar-refractivity contribution in [1.82, 2.24) is 5.32 Å². The maximum Gasteiger partial charge on any atom is 0.337 e. The van der Waals surface area contributed by atoms with Crippen LogP contribution in [0.5, 0.6) is 0 Å². The van der Waals surface area contributed by atoms with E-state index in [0.29, 0.717) is 11.1 Å². The third-order valence-electron chi connectivity index (χ3n) is 2.49. The highest BCUT2D eigenvalue weighted by atomic mass is 16.5. The largest absolute Gasteiger partial charge is 0.466 e. The van der Waals surface area contributed by atoms with E-state index >= 15 is 0 Å². The molecule has 2 heterocycles. The van der Waals surface area contributed by atoms with Gasteiger partial charge in [0.25, 0.3) is 5.91 Å². The molecule has 16 heavy (non-hydrogen) atoms. The fourth-order valence-electron chi connectivity index (χ4n) is 1.81. The standard InChI is InChI=1S/C10H11NO4.CH4/c1-11-9(12)7-5-3-4-6(15-5)8(7)10(13)14-2;/h3-6H,1-2H3,(H,11,12);1H4. The summed E-state index contributed by atoms with van der Waals surface area (Å²) in [6.45, 7) is 0. The summed E-state index contributed by atoms with van der Waals surface area (Å²) < 4.78 is 10.0. The molecule has 0 aromatic carbocycles. The smallest absolute Gasteiger partial charge is 0.337 e. The van der Waals surface area contributed by atoms with Crippen molar-refractivity contribution in [2.45, 2.75) is 19.6 Å². The second-order valence-corrected chi connectivity index (χ2v) is 3.26. The molecule has 5 heteroatoms. The van der Waals surface area contributed by atoms with E-state index in [-0.39, 0.29) is 13.3 Å². The number of fused-ring (bicyclic) bond motifs is 2. The van der Waals surface area contributed by atoms with Crippen LogP contribution in [-0.4, -0.2) is 38.2 Å². The zero-order chi connectivity index (χ0) is 11.0. The molecule has 88 valence electrons. The average Bonchev–Trinajstić information content (AvgIpc) is 2.86. The predicted molar refractivity (Wildman–Crippen MR) is 57.6 cm³/mol. The number of esters is 1. The van der Waals surface area contributed by atoms with Crippen molar-refractivity contribution < 1.29 is 19.1 Å². The van der Waals surface area contributed by atoms with E-state index < -0.39 is 18.2 Å². The minimum atomic E-state index is -0.509. The summed E-state index contributed by atoms with van der Waals surface area (Å²) in [7, 11) is 2.80. The lowest BCUT2D eigenvalue weighted by Crippen LogP contribution is -2.27. The Morgan fingerprint density at radius 3 is 2.38 bits per heavy atom. The van der Waals surface area contributed by atoms with Gasteiger partial charge in [-0.2, -0.15) is 0 Å². The zero-order valence-corrected chi connectivity index (χ0v) is 8.44. The summed E-state index contributed by atoms with van der Waals surface area (Å²) in [6.07, 6.45) is 2.67. The van der Waals surface area contributed by atoms with Crippen molar-refractivity contribution in [3.8, 4) is 0 Å². The number of carbonyl (C=O) groups is 2. The van der Waals surface area contributed by atoms with Gasteiger partial charge in [0.05, 0.1) is 18.3 Å². The van der Waals surface area contributed by atoms with Crippen molar-refractivity contribution in [3.05, 3.63) is 23.3 Å². The summed E-state index contributed by atoms with van der Waals surface area (Å²) in [5, 5.41) is 2.48. The lowest BCUT2D eigenvalue weighted by Gasteiger charge is -2.09. The molecule has 0 aliphatic carbocycles. The molecule has 0 fully saturated rings. The van der Waals surface area contributed by atoms with Gasteiger partial charge in [0.15, 0.2) is 0 Å². The molecule has 0 aromatic rings. The molecule has 0 radical (unpaired) electrons. The molecule has 0 aromatic heterocycles. The maximum atomic E-state index is 11.5. The topological polar surface area (TPSA) is 64.6 Å². The number of hydrogen-bond acceptors (Lipinski definition) is 4. The summed E-state index contributed by atoms with van der Waals surface area (Å²) in [4.78, 5) is 23.0. The van der Waals surface area contributed by atoms with Crippen molar-refractivity contribution >= 4 is 11.9 Å². The first-order chi connectivity index (χ1) is 7.19. The van der Waals surface area contributed by atoms with Crippen LogP contribution in [0, 0.1) is 0 Å². The molecular weight excluding hydrogens is 210 g/mol. The van der Waals surface area contributed by atoms with E-state index in [1.54, 1.807) is 12.2 Å². The minimum Gasteiger partial charge on any atom is -0.466 e. The predicted octanol–water partition coefficient (Wildman–Crippen LogP) is 0.175. The number of methoxy groups -OCH3 is 1.